The number of ether oxygens (including phenoxy) is 1. The van der Waals surface area contributed by atoms with E-state index >= 15 is 0 Å². The number of carbonyl (C=O) groups excluding carboxylic acids is 1. The highest BCUT2D eigenvalue weighted by molar-refractivity contribution is 5.67. The van der Waals surface area contributed by atoms with E-state index in [9.17, 15) is 4.79 Å². The fraction of sp³-hybridized carbons (Fsp3) is 0.875. The topological polar surface area (TPSA) is 85.4 Å². The molecule has 0 aromatic heterocycles. The van der Waals surface area contributed by atoms with Crippen LogP contribution in [-0.2, 0) is 4.74 Å². The van der Waals surface area contributed by atoms with Crippen molar-refractivity contribution in [3.8, 4) is 0 Å². The molecule has 0 aromatic rings. The lowest BCUT2D eigenvalue weighted by atomic mass is 10.2. The van der Waals surface area contributed by atoms with Gasteiger partial charge in [0.1, 0.15) is 5.60 Å². The van der Waals surface area contributed by atoms with Gasteiger partial charge in [-0.15, -0.1) is 0 Å². The van der Waals surface area contributed by atoms with E-state index in [1.807, 2.05) is 27.8 Å². The average molecular weight is 191 g/mol. The maximum Gasteiger partial charge on any atom is 0.407 e. The van der Waals surface area contributed by atoms with Crippen LogP contribution in [0.2, 0.25) is 0 Å². The first kappa shape index (κ1) is 14.7. The molecular weight excluding hydrogens is 170 g/mol. The predicted octanol–water partition coefficient (Wildman–Crippen LogP) is 0.892. The Kier molecular flexibility index (Phi) is 7.55. The molecule has 80 valence electrons. The third-order valence-electron chi connectivity index (χ3n) is 1.04. The van der Waals surface area contributed by atoms with Gasteiger partial charge in [-0.2, -0.15) is 0 Å². The van der Waals surface area contributed by atoms with Crippen molar-refractivity contribution in [2.75, 3.05) is 20.1 Å². The monoisotopic (exact) mass is 191 g/mol. The highest BCUT2D eigenvalue weighted by Crippen LogP contribution is 2.05. The number of amides is 1. The van der Waals surface area contributed by atoms with E-state index < -0.39 is 5.60 Å². The summed E-state index contributed by atoms with van der Waals surface area (Å²) in [5.74, 6) is 0. The van der Waals surface area contributed by atoms with E-state index in [2.05, 4.69) is 10.6 Å². The van der Waals surface area contributed by atoms with E-state index in [1.165, 1.54) is 0 Å². The molecule has 0 saturated carbocycles. The van der Waals surface area contributed by atoms with Crippen molar-refractivity contribution in [3.63, 3.8) is 0 Å². The van der Waals surface area contributed by atoms with Gasteiger partial charge in [0.2, 0.25) is 0 Å². The molecule has 0 rings (SSSR count). The van der Waals surface area contributed by atoms with Gasteiger partial charge in [-0.3, -0.25) is 0 Å². The van der Waals surface area contributed by atoms with Crippen molar-refractivity contribution in [2.45, 2.75) is 26.4 Å². The van der Waals surface area contributed by atoms with Crippen LogP contribution in [0, 0.1) is 0 Å². The van der Waals surface area contributed by atoms with Crippen LogP contribution in [0.4, 0.5) is 4.79 Å². The fourth-order valence-electron chi connectivity index (χ4n) is 0.604. The predicted molar refractivity (Wildman–Crippen MR) is 53.2 cm³/mol. The first-order chi connectivity index (χ1) is 5.45. The molecule has 0 aliphatic carbocycles. The minimum Gasteiger partial charge on any atom is -0.444 e. The van der Waals surface area contributed by atoms with Crippen LogP contribution in [0.15, 0.2) is 0 Å². The summed E-state index contributed by atoms with van der Waals surface area (Å²) in [6.07, 6.45) is -0.363. The molecule has 5 nitrogen and oxygen atoms in total. The zero-order valence-electron chi connectivity index (χ0n) is 8.94. The van der Waals surface area contributed by atoms with Gasteiger partial charge in [0.15, 0.2) is 0 Å². The summed E-state index contributed by atoms with van der Waals surface area (Å²) in [5.41, 5.74) is -0.413. The van der Waals surface area contributed by atoms with Crippen molar-refractivity contribution in [3.05, 3.63) is 0 Å². The Balaban J connectivity index is 0. The lowest BCUT2D eigenvalue weighted by Gasteiger charge is -2.19. The summed E-state index contributed by atoms with van der Waals surface area (Å²) in [6, 6.07) is 0. The highest BCUT2D eigenvalue weighted by atomic mass is 16.6. The van der Waals surface area contributed by atoms with Crippen molar-refractivity contribution < 1.29 is 9.53 Å². The van der Waals surface area contributed by atoms with Crippen LogP contribution >= 0.6 is 0 Å². The molecular formula is C8H21N3O2. The molecule has 13 heavy (non-hydrogen) atoms. The molecule has 0 spiro atoms. The third-order valence-corrected chi connectivity index (χ3v) is 1.04. The molecule has 0 saturated heterocycles. The largest absolute Gasteiger partial charge is 0.444 e. The summed E-state index contributed by atoms with van der Waals surface area (Å²) in [7, 11) is 1.83. The highest BCUT2D eigenvalue weighted by Gasteiger charge is 2.14. The molecule has 5 N–H and O–H groups in total. The van der Waals surface area contributed by atoms with E-state index in [-0.39, 0.29) is 12.2 Å². The minimum absolute atomic E-state index is 0. The Morgan fingerprint density at radius 1 is 1.31 bits per heavy atom. The lowest BCUT2D eigenvalue weighted by molar-refractivity contribution is 0.0528. The van der Waals surface area contributed by atoms with Crippen molar-refractivity contribution in [1.82, 2.24) is 16.8 Å². The second kappa shape index (κ2) is 6.68. The third kappa shape index (κ3) is 11.2. The van der Waals surface area contributed by atoms with Gasteiger partial charge >= 0.3 is 6.09 Å². The Labute approximate surface area is 79.8 Å². The van der Waals surface area contributed by atoms with Crippen molar-refractivity contribution in [2.24, 2.45) is 0 Å². The zero-order chi connectivity index (χ0) is 9.61. The number of carbonyl (C=O) groups is 1. The van der Waals surface area contributed by atoms with Gasteiger partial charge in [0.25, 0.3) is 0 Å². The molecule has 5 heteroatoms. The summed E-state index contributed by atoms with van der Waals surface area (Å²) in [4.78, 5) is 11.0. The first-order valence-corrected chi connectivity index (χ1v) is 4.07. The Hall–Kier alpha value is -0.810. The van der Waals surface area contributed by atoms with Crippen LogP contribution in [0.3, 0.4) is 0 Å². The molecule has 0 fully saturated rings. The molecule has 0 aliphatic rings. The van der Waals surface area contributed by atoms with E-state index in [4.69, 9.17) is 4.74 Å². The molecule has 0 unspecified atom stereocenters. The summed E-state index contributed by atoms with van der Waals surface area (Å²) >= 11 is 0. The van der Waals surface area contributed by atoms with Gasteiger partial charge in [-0.25, -0.2) is 4.79 Å². The Morgan fingerprint density at radius 2 is 1.85 bits per heavy atom. The summed E-state index contributed by atoms with van der Waals surface area (Å²) in [5, 5.41) is 5.53. The Morgan fingerprint density at radius 3 is 2.23 bits per heavy atom. The second-order valence-corrected chi connectivity index (χ2v) is 3.53. The maximum atomic E-state index is 11.0. The smallest absolute Gasteiger partial charge is 0.407 e. The van der Waals surface area contributed by atoms with Gasteiger partial charge in [0, 0.05) is 13.1 Å². The number of nitrogens with one attached hydrogen (secondary N) is 2. The summed E-state index contributed by atoms with van der Waals surface area (Å²) < 4.78 is 5.01. The van der Waals surface area contributed by atoms with Crippen LogP contribution in [0.25, 0.3) is 0 Å². The molecule has 0 atom stereocenters. The molecule has 1 amide bonds. The lowest BCUT2D eigenvalue weighted by Crippen LogP contribution is -2.35. The number of alkyl carbamates (subject to hydrolysis) is 1. The molecule has 0 bridgehead atoms. The quantitative estimate of drug-likeness (QED) is 0.578. The van der Waals surface area contributed by atoms with Crippen LogP contribution < -0.4 is 16.8 Å². The maximum absolute atomic E-state index is 11.0. The molecule has 0 radical (unpaired) electrons. The summed E-state index contributed by atoms with van der Waals surface area (Å²) in [6.45, 7) is 6.85. The molecule has 0 heterocycles. The SMILES string of the molecule is CNCCNC(=O)OC(C)(C)C.N. The van der Waals surface area contributed by atoms with Crippen LogP contribution in [0.5, 0.6) is 0 Å². The van der Waals surface area contributed by atoms with Gasteiger partial charge in [-0.1, -0.05) is 0 Å². The second-order valence-electron chi connectivity index (χ2n) is 3.53. The van der Waals surface area contributed by atoms with Crippen LogP contribution in [0.1, 0.15) is 20.8 Å². The number of likely N-dealkylation sites (N-methyl/N-ethyl adjacent to an activating group) is 1. The van der Waals surface area contributed by atoms with Crippen molar-refractivity contribution in [1.29, 1.82) is 0 Å². The average Bonchev–Trinajstić information content (AvgIpc) is 1.84. The van der Waals surface area contributed by atoms with E-state index in [1.54, 1.807) is 0 Å². The van der Waals surface area contributed by atoms with E-state index in [0.29, 0.717) is 6.54 Å². The number of rotatable bonds is 3. The van der Waals surface area contributed by atoms with E-state index in [0.717, 1.165) is 6.54 Å². The molecule has 0 aromatic carbocycles. The standard InChI is InChI=1S/C8H18N2O2.H3N/c1-8(2,3)12-7(11)10-6-5-9-4;/h9H,5-6H2,1-4H3,(H,10,11);1H3. The fourth-order valence-corrected chi connectivity index (χ4v) is 0.604. The first-order valence-electron chi connectivity index (χ1n) is 4.07. The molecule has 0 aliphatic heterocycles. The zero-order valence-corrected chi connectivity index (χ0v) is 8.94. The van der Waals surface area contributed by atoms with Gasteiger partial charge in [-0.05, 0) is 27.8 Å². The van der Waals surface area contributed by atoms with Gasteiger partial charge in [0.05, 0.1) is 0 Å². The van der Waals surface area contributed by atoms with Crippen LogP contribution in [-0.4, -0.2) is 31.8 Å². The van der Waals surface area contributed by atoms with Gasteiger partial charge < -0.3 is 21.5 Å². The Bertz CT molecular complexity index is 143. The van der Waals surface area contributed by atoms with Crippen molar-refractivity contribution >= 4 is 6.09 Å². The number of hydrogen-bond donors (Lipinski definition) is 3. The normalized spacial score (nSPS) is 10.2. The minimum atomic E-state index is -0.413. The number of hydrogen-bond acceptors (Lipinski definition) is 4.